The molecular weight excluding hydrogens is 310 g/mol. The van der Waals surface area contributed by atoms with Crippen LogP contribution < -0.4 is 10.1 Å². The summed E-state index contributed by atoms with van der Waals surface area (Å²) in [5.41, 5.74) is -0.143. The molecule has 0 amide bonds. The van der Waals surface area contributed by atoms with Gasteiger partial charge in [-0.05, 0) is 44.2 Å². The van der Waals surface area contributed by atoms with Crippen LogP contribution in [0.15, 0.2) is 52.3 Å². The van der Waals surface area contributed by atoms with E-state index < -0.39 is 5.54 Å². The standard InChI is InChI=1S/C18H19NO3S/c1-18(2,19-9-10-20)17(21)12-7-8-16-14(11-12)22-13-5-3-4-6-15(13)23-16/h3-8,11,19-20H,9-10H2,1-2H3. The normalized spacial score (nSPS) is 13.0. The second-order valence-electron chi connectivity index (χ2n) is 5.92. The van der Waals surface area contributed by atoms with E-state index >= 15 is 0 Å². The van der Waals surface area contributed by atoms with Gasteiger partial charge < -0.3 is 15.2 Å². The molecule has 4 nitrogen and oxygen atoms in total. The van der Waals surface area contributed by atoms with Crippen molar-refractivity contribution < 1.29 is 14.6 Å². The number of rotatable bonds is 5. The highest BCUT2D eigenvalue weighted by atomic mass is 32.2. The highest BCUT2D eigenvalue weighted by Crippen LogP contribution is 2.47. The van der Waals surface area contributed by atoms with Crippen LogP contribution in [0, 0.1) is 0 Å². The van der Waals surface area contributed by atoms with E-state index in [4.69, 9.17) is 9.84 Å². The summed E-state index contributed by atoms with van der Waals surface area (Å²) >= 11 is 1.64. The van der Waals surface area contributed by atoms with Crippen LogP contribution in [0.4, 0.5) is 0 Å². The first-order valence-electron chi connectivity index (χ1n) is 7.51. The van der Waals surface area contributed by atoms with Crippen LogP contribution in [0.2, 0.25) is 0 Å². The number of nitrogens with one attached hydrogen (secondary N) is 1. The molecule has 0 aliphatic carbocycles. The summed E-state index contributed by atoms with van der Waals surface area (Å²) in [5, 5.41) is 12.0. The minimum Gasteiger partial charge on any atom is -0.455 e. The zero-order valence-corrected chi connectivity index (χ0v) is 13.9. The molecule has 2 aromatic carbocycles. The van der Waals surface area contributed by atoms with Gasteiger partial charge in [-0.3, -0.25) is 4.79 Å². The van der Waals surface area contributed by atoms with E-state index in [2.05, 4.69) is 5.32 Å². The Hall–Kier alpha value is -1.82. The number of carbonyl (C=O) groups excluding carboxylic acids is 1. The molecule has 23 heavy (non-hydrogen) atoms. The summed E-state index contributed by atoms with van der Waals surface area (Å²) in [6, 6.07) is 13.4. The summed E-state index contributed by atoms with van der Waals surface area (Å²) in [4.78, 5) is 14.8. The Balaban J connectivity index is 1.86. The number of β-amino-alcohol motifs (C(OH)–C–C–N with tert-alkyl or cyclic N) is 1. The molecule has 1 aliphatic heterocycles. The summed E-state index contributed by atoms with van der Waals surface area (Å²) < 4.78 is 5.93. The van der Waals surface area contributed by atoms with E-state index in [0.717, 1.165) is 15.5 Å². The van der Waals surface area contributed by atoms with Crippen molar-refractivity contribution in [3.8, 4) is 11.5 Å². The maximum Gasteiger partial charge on any atom is 0.182 e. The Bertz CT molecular complexity index is 743. The maximum atomic E-state index is 12.7. The number of aliphatic hydroxyl groups excluding tert-OH is 1. The van der Waals surface area contributed by atoms with Crippen molar-refractivity contribution in [2.45, 2.75) is 29.2 Å². The van der Waals surface area contributed by atoms with Gasteiger partial charge in [-0.15, -0.1) is 0 Å². The number of benzene rings is 2. The molecule has 0 radical (unpaired) electrons. The van der Waals surface area contributed by atoms with Crippen molar-refractivity contribution in [2.75, 3.05) is 13.2 Å². The number of ketones is 1. The van der Waals surface area contributed by atoms with Gasteiger partial charge in [0, 0.05) is 12.1 Å². The second-order valence-corrected chi connectivity index (χ2v) is 7.00. The predicted molar refractivity (Wildman–Crippen MR) is 90.6 cm³/mol. The van der Waals surface area contributed by atoms with Crippen LogP contribution in [0.3, 0.4) is 0 Å². The van der Waals surface area contributed by atoms with Gasteiger partial charge in [0.05, 0.1) is 21.9 Å². The molecule has 1 aliphatic rings. The van der Waals surface area contributed by atoms with Gasteiger partial charge in [-0.1, -0.05) is 23.9 Å². The van der Waals surface area contributed by atoms with Gasteiger partial charge in [0.1, 0.15) is 11.5 Å². The van der Waals surface area contributed by atoms with E-state index in [0.29, 0.717) is 17.9 Å². The van der Waals surface area contributed by atoms with Crippen molar-refractivity contribution in [3.63, 3.8) is 0 Å². The molecule has 0 saturated heterocycles. The molecule has 3 rings (SSSR count). The average Bonchev–Trinajstić information content (AvgIpc) is 2.57. The number of hydrogen-bond donors (Lipinski definition) is 2. The van der Waals surface area contributed by atoms with Gasteiger partial charge in [-0.2, -0.15) is 0 Å². The third kappa shape index (κ3) is 3.27. The van der Waals surface area contributed by atoms with Gasteiger partial charge >= 0.3 is 0 Å². The first-order valence-corrected chi connectivity index (χ1v) is 8.32. The lowest BCUT2D eigenvalue weighted by Gasteiger charge is -2.25. The van der Waals surface area contributed by atoms with E-state index in [1.807, 2.05) is 50.2 Å². The molecule has 1 heterocycles. The fourth-order valence-electron chi connectivity index (χ4n) is 2.48. The third-order valence-corrected chi connectivity index (χ3v) is 4.86. The summed E-state index contributed by atoms with van der Waals surface area (Å²) in [6.07, 6.45) is 0. The van der Waals surface area contributed by atoms with Crippen LogP contribution in [-0.4, -0.2) is 29.6 Å². The minimum atomic E-state index is -0.739. The van der Waals surface area contributed by atoms with Gasteiger partial charge in [-0.25, -0.2) is 0 Å². The number of para-hydroxylation sites is 1. The number of Topliss-reactive ketones (excluding diaryl/α,β-unsaturated/α-hetero) is 1. The second kappa shape index (κ2) is 6.35. The summed E-state index contributed by atoms with van der Waals surface area (Å²) in [5.74, 6) is 1.49. The molecule has 0 bridgehead atoms. The van der Waals surface area contributed by atoms with Gasteiger partial charge in [0.15, 0.2) is 5.78 Å². The number of hydrogen-bond acceptors (Lipinski definition) is 5. The Kier molecular flexibility index (Phi) is 4.43. The van der Waals surface area contributed by atoms with Crippen molar-refractivity contribution in [2.24, 2.45) is 0 Å². The smallest absolute Gasteiger partial charge is 0.182 e. The van der Waals surface area contributed by atoms with Gasteiger partial charge in [0.25, 0.3) is 0 Å². The van der Waals surface area contributed by atoms with Crippen LogP contribution in [0.5, 0.6) is 11.5 Å². The highest BCUT2D eigenvalue weighted by Gasteiger charge is 2.29. The van der Waals surface area contributed by atoms with E-state index in [1.165, 1.54) is 0 Å². The Morgan fingerprint density at radius 2 is 1.91 bits per heavy atom. The fraction of sp³-hybridized carbons (Fsp3) is 0.278. The highest BCUT2D eigenvalue weighted by molar-refractivity contribution is 7.99. The number of fused-ring (bicyclic) bond motifs is 2. The zero-order valence-electron chi connectivity index (χ0n) is 13.1. The maximum absolute atomic E-state index is 12.7. The molecule has 0 atom stereocenters. The topological polar surface area (TPSA) is 58.6 Å². The Morgan fingerprint density at radius 1 is 1.17 bits per heavy atom. The molecule has 5 heteroatoms. The lowest BCUT2D eigenvalue weighted by atomic mass is 9.93. The van der Waals surface area contributed by atoms with E-state index in [-0.39, 0.29) is 12.4 Å². The molecule has 0 aromatic heterocycles. The van der Waals surface area contributed by atoms with Crippen molar-refractivity contribution in [3.05, 3.63) is 48.0 Å². The molecular formula is C18H19NO3S. The van der Waals surface area contributed by atoms with Gasteiger partial charge in [0.2, 0.25) is 0 Å². The average molecular weight is 329 g/mol. The zero-order chi connectivity index (χ0) is 16.4. The monoisotopic (exact) mass is 329 g/mol. The molecule has 0 spiro atoms. The number of carbonyl (C=O) groups is 1. The van der Waals surface area contributed by atoms with E-state index in [1.54, 1.807) is 17.8 Å². The Morgan fingerprint density at radius 3 is 2.70 bits per heavy atom. The van der Waals surface area contributed by atoms with Crippen LogP contribution in [0.25, 0.3) is 0 Å². The molecule has 120 valence electrons. The fourth-order valence-corrected chi connectivity index (χ4v) is 3.41. The molecule has 0 saturated carbocycles. The largest absolute Gasteiger partial charge is 0.455 e. The first-order chi connectivity index (χ1) is 11.0. The van der Waals surface area contributed by atoms with Crippen molar-refractivity contribution >= 4 is 17.5 Å². The third-order valence-electron chi connectivity index (χ3n) is 3.74. The predicted octanol–water partition coefficient (Wildman–Crippen LogP) is 3.49. The first kappa shape index (κ1) is 16.1. The molecule has 0 unspecified atom stereocenters. The number of aliphatic hydroxyl groups is 1. The minimum absolute atomic E-state index is 0.00255. The van der Waals surface area contributed by atoms with Crippen molar-refractivity contribution in [1.29, 1.82) is 0 Å². The number of ether oxygens (including phenoxy) is 1. The summed E-state index contributed by atoms with van der Waals surface area (Å²) in [6.45, 7) is 4.01. The van der Waals surface area contributed by atoms with E-state index in [9.17, 15) is 4.79 Å². The van der Waals surface area contributed by atoms with Crippen LogP contribution in [-0.2, 0) is 0 Å². The lowest BCUT2D eigenvalue weighted by Crippen LogP contribution is -2.47. The molecule has 2 aromatic rings. The van der Waals surface area contributed by atoms with Crippen LogP contribution >= 0.6 is 11.8 Å². The Labute approximate surface area is 139 Å². The lowest BCUT2D eigenvalue weighted by molar-refractivity contribution is 0.0877. The molecule has 0 fully saturated rings. The van der Waals surface area contributed by atoms with Crippen molar-refractivity contribution in [1.82, 2.24) is 5.32 Å². The quantitative estimate of drug-likeness (QED) is 0.702. The molecule has 2 N–H and O–H groups in total. The van der Waals surface area contributed by atoms with Crippen LogP contribution in [0.1, 0.15) is 24.2 Å². The SMILES string of the molecule is CC(C)(NCCO)C(=O)c1ccc2c(c1)Oc1ccccc1S2. The summed E-state index contributed by atoms with van der Waals surface area (Å²) in [7, 11) is 0.